The van der Waals surface area contributed by atoms with Gasteiger partial charge in [-0.1, -0.05) is 0 Å². The van der Waals surface area contributed by atoms with E-state index in [0.29, 0.717) is 0 Å². The van der Waals surface area contributed by atoms with E-state index in [2.05, 4.69) is 57.3 Å². The van der Waals surface area contributed by atoms with Crippen LogP contribution in [0.5, 0.6) is 0 Å². The second kappa shape index (κ2) is 9.42. The number of aliphatic hydroxyl groups is 1. The van der Waals surface area contributed by atoms with Crippen molar-refractivity contribution in [2.24, 2.45) is 0 Å². The Bertz CT molecular complexity index is 603. The molecule has 23 heavy (non-hydrogen) atoms. The van der Waals surface area contributed by atoms with Crippen molar-refractivity contribution in [2.45, 2.75) is 46.1 Å². The molecule has 1 aliphatic carbocycles. The third-order valence-electron chi connectivity index (χ3n) is 3.60. The molecule has 0 amide bonds. The molecule has 0 spiro atoms. The third-order valence-corrected chi connectivity index (χ3v) is 4.88. The van der Waals surface area contributed by atoms with Gasteiger partial charge in [-0.25, -0.2) is 0 Å². The van der Waals surface area contributed by atoms with E-state index in [-0.39, 0.29) is 37.0 Å². The molecule has 0 bridgehead atoms. The van der Waals surface area contributed by atoms with Crippen molar-refractivity contribution in [1.29, 1.82) is 0 Å². The molecule has 125 valence electrons. The fraction of sp³-hybridized carbons (Fsp3) is 0.444. The quantitative estimate of drug-likeness (QED) is 0.569. The van der Waals surface area contributed by atoms with Crippen molar-refractivity contribution in [2.75, 3.05) is 6.61 Å². The van der Waals surface area contributed by atoms with Crippen molar-refractivity contribution in [3.8, 4) is 0 Å². The molecule has 0 saturated carbocycles. The molecule has 2 rings (SSSR count). The van der Waals surface area contributed by atoms with Crippen LogP contribution in [-0.4, -0.2) is 17.3 Å². The maximum absolute atomic E-state index is 9.11. The molecule has 2 N–H and O–H groups in total. The molecule has 0 unspecified atom stereocenters. The first kappa shape index (κ1) is 22.9. The van der Waals surface area contributed by atoms with Gasteiger partial charge in [-0.15, -0.1) is 0 Å². The van der Waals surface area contributed by atoms with Crippen LogP contribution in [0.25, 0.3) is 8.85 Å². The Balaban J connectivity index is 0.00000242. The Morgan fingerprint density at radius 1 is 1.13 bits per heavy atom. The average Bonchev–Trinajstić information content (AvgIpc) is 2.68. The zero-order chi connectivity index (χ0) is 15.6. The summed E-state index contributed by atoms with van der Waals surface area (Å²) in [6.45, 7) is 9.05. The van der Waals surface area contributed by atoms with Gasteiger partial charge < -0.3 is 24.8 Å². The van der Waals surface area contributed by atoms with Gasteiger partial charge in [-0.2, -0.15) is 0 Å². The van der Waals surface area contributed by atoms with Crippen molar-refractivity contribution in [3.63, 3.8) is 0 Å². The summed E-state index contributed by atoms with van der Waals surface area (Å²) in [7, 11) is 0. The van der Waals surface area contributed by atoms with Crippen LogP contribution in [0.15, 0.2) is 35.5 Å². The average molecular weight is 433 g/mol. The zero-order valence-electron chi connectivity index (χ0n) is 14.1. The molecule has 1 aliphatic rings. The molecular weight excluding hydrogens is 408 g/mol. The van der Waals surface area contributed by atoms with Gasteiger partial charge in [-0.3, -0.25) is 0 Å². The first-order chi connectivity index (χ1) is 9.85. The van der Waals surface area contributed by atoms with Crippen molar-refractivity contribution < 1.29 is 54.6 Å². The van der Waals surface area contributed by atoms with E-state index in [0.717, 1.165) is 12.8 Å². The van der Waals surface area contributed by atoms with Gasteiger partial charge in [0.15, 0.2) is 0 Å². The van der Waals surface area contributed by atoms with Crippen LogP contribution in [0.3, 0.4) is 0 Å². The van der Waals surface area contributed by atoms with Gasteiger partial charge in [0.1, 0.15) is 0 Å². The SMILES string of the molecule is CC(CCCO)=C1C(NC(C)(C)C)=[C]([Zr+2])c2ccccc21.[Cl-].[Cl-]. The number of benzene rings is 1. The predicted molar refractivity (Wildman–Crippen MR) is 85.2 cm³/mol. The fourth-order valence-electron chi connectivity index (χ4n) is 2.73. The van der Waals surface area contributed by atoms with Crippen LogP contribution in [-0.2, 0) is 24.7 Å². The molecule has 1 aromatic rings. The van der Waals surface area contributed by atoms with Crippen molar-refractivity contribution in [3.05, 3.63) is 46.7 Å². The topological polar surface area (TPSA) is 32.3 Å². The molecule has 0 saturated heterocycles. The van der Waals surface area contributed by atoms with Crippen LogP contribution < -0.4 is 30.1 Å². The molecule has 0 aromatic heterocycles. The number of aliphatic hydroxyl groups excluding tert-OH is 1. The van der Waals surface area contributed by atoms with Gasteiger partial charge in [0.2, 0.25) is 0 Å². The standard InChI is InChI=1S/C18H24NO.2ClH.Zr/c1-13(8-7-11-20)17-15-10-6-5-9-14(15)12-16(17)19-18(2,3)4;;;/h5-6,9-10,19-20H,7-8,11H2,1-4H3;2*1H;/q;;;+2/p-2. The molecule has 1 aromatic carbocycles. The molecule has 5 heteroatoms. The summed E-state index contributed by atoms with van der Waals surface area (Å²) < 4.78 is 1.41. The molecule has 0 aliphatic heterocycles. The smallest absolute Gasteiger partial charge is 1.00 e. The number of allylic oxidation sites excluding steroid dienone is 2. The Hall–Kier alpha value is -0.0769. The van der Waals surface area contributed by atoms with E-state index >= 15 is 0 Å². The summed E-state index contributed by atoms with van der Waals surface area (Å²) in [5.41, 5.74) is 6.74. The van der Waals surface area contributed by atoms with E-state index in [1.54, 1.807) is 0 Å². The van der Waals surface area contributed by atoms with Gasteiger partial charge in [0.05, 0.1) is 0 Å². The summed E-state index contributed by atoms with van der Waals surface area (Å²) in [5, 5.41) is 12.8. The van der Waals surface area contributed by atoms with Crippen LogP contribution >= 0.6 is 0 Å². The van der Waals surface area contributed by atoms with Crippen LogP contribution in [0.4, 0.5) is 0 Å². The van der Waals surface area contributed by atoms with Gasteiger partial charge in [0, 0.05) is 0 Å². The summed E-state index contributed by atoms with van der Waals surface area (Å²) in [6, 6.07) is 8.66. The minimum Gasteiger partial charge on any atom is -1.00 e. The van der Waals surface area contributed by atoms with Gasteiger partial charge in [-0.05, 0) is 0 Å². The Morgan fingerprint density at radius 2 is 1.70 bits per heavy atom. The molecule has 0 fully saturated rings. The molecule has 0 heterocycles. The fourth-order valence-corrected chi connectivity index (χ4v) is 3.72. The summed E-state index contributed by atoms with van der Waals surface area (Å²) in [5.74, 6) is 0. The molecule has 0 radical (unpaired) electrons. The van der Waals surface area contributed by atoms with Crippen LogP contribution in [0, 0.1) is 0 Å². The minimum absolute atomic E-state index is 0. The van der Waals surface area contributed by atoms with Crippen molar-refractivity contribution >= 4 is 8.85 Å². The summed E-state index contributed by atoms with van der Waals surface area (Å²) in [4.78, 5) is 0. The zero-order valence-corrected chi connectivity index (χ0v) is 18.1. The van der Waals surface area contributed by atoms with E-state index in [9.17, 15) is 0 Å². The molecular formula is C18H24Cl2NOZr. The Morgan fingerprint density at radius 3 is 2.22 bits per heavy atom. The normalized spacial score (nSPS) is 15.6. The molecule has 2 nitrogen and oxygen atoms in total. The summed E-state index contributed by atoms with van der Waals surface area (Å²) in [6.07, 6.45) is 1.77. The van der Waals surface area contributed by atoms with Gasteiger partial charge in [0.25, 0.3) is 0 Å². The number of rotatable bonds is 4. The first-order valence-corrected chi connectivity index (χ1v) is 8.73. The van der Waals surface area contributed by atoms with Crippen LogP contribution in [0.2, 0.25) is 0 Å². The Kier molecular flexibility index (Phi) is 9.39. The minimum atomic E-state index is 0. The maximum Gasteiger partial charge on any atom is -1.00 e. The second-order valence-electron chi connectivity index (χ2n) is 6.65. The largest absolute Gasteiger partial charge is 1.00 e. The second-order valence-corrected chi connectivity index (χ2v) is 7.88. The number of halogens is 2. The monoisotopic (exact) mass is 430 g/mol. The van der Waals surface area contributed by atoms with E-state index in [4.69, 9.17) is 5.11 Å². The van der Waals surface area contributed by atoms with E-state index in [1.807, 2.05) is 0 Å². The number of hydrogen-bond acceptors (Lipinski definition) is 2. The van der Waals surface area contributed by atoms with E-state index in [1.165, 1.54) is 56.0 Å². The molecule has 0 atom stereocenters. The van der Waals surface area contributed by atoms with Gasteiger partial charge >= 0.3 is 143 Å². The Labute approximate surface area is 167 Å². The maximum atomic E-state index is 9.11. The third kappa shape index (κ3) is 5.46. The van der Waals surface area contributed by atoms with Crippen molar-refractivity contribution in [1.82, 2.24) is 5.32 Å². The first-order valence-electron chi connectivity index (χ1n) is 7.50. The number of hydrogen-bond donors (Lipinski definition) is 2. The predicted octanol–water partition coefficient (Wildman–Crippen LogP) is -2.14. The number of nitrogens with one attached hydrogen (secondary N) is 1. The summed E-state index contributed by atoms with van der Waals surface area (Å²) >= 11 is 1.44. The number of fused-ring (bicyclic) bond motifs is 1. The van der Waals surface area contributed by atoms with Crippen LogP contribution in [0.1, 0.15) is 51.7 Å². The van der Waals surface area contributed by atoms with E-state index < -0.39 is 0 Å².